The molecule has 0 fully saturated rings. The van der Waals surface area contributed by atoms with Gasteiger partial charge in [0.25, 0.3) is 5.91 Å². The molecule has 1 aromatic carbocycles. The van der Waals surface area contributed by atoms with Crippen molar-refractivity contribution in [2.45, 2.75) is 26.3 Å². The van der Waals surface area contributed by atoms with Crippen LogP contribution in [0.25, 0.3) is 0 Å². The van der Waals surface area contributed by atoms with Crippen molar-refractivity contribution in [3.05, 3.63) is 42.0 Å². The number of nitrogens with one attached hydrogen (secondary N) is 3. The van der Waals surface area contributed by atoms with Gasteiger partial charge in [-0.1, -0.05) is 19.1 Å². The lowest BCUT2D eigenvalue weighted by atomic mass is 10.1. The van der Waals surface area contributed by atoms with E-state index >= 15 is 0 Å². The molecule has 1 heterocycles. The van der Waals surface area contributed by atoms with Crippen molar-refractivity contribution in [1.29, 1.82) is 0 Å². The van der Waals surface area contributed by atoms with Crippen LogP contribution in [0, 0.1) is 0 Å². The van der Waals surface area contributed by atoms with E-state index < -0.39 is 0 Å². The number of carbonyl (C=O) groups is 1. The molecule has 3 N–H and O–H groups in total. The monoisotopic (exact) mass is 273 g/mol. The Hall–Kier alpha value is -2.37. The number of amides is 1. The summed E-state index contributed by atoms with van der Waals surface area (Å²) in [6, 6.07) is 7.26. The molecular weight excluding hydrogens is 254 g/mol. The summed E-state index contributed by atoms with van der Waals surface area (Å²) in [5, 5.41) is 12.7. The minimum atomic E-state index is -0.218. The quantitative estimate of drug-likeness (QED) is 0.753. The Kier molecular flexibility index (Phi) is 4.70. The number of para-hydroxylation sites is 1. The van der Waals surface area contributed by atoms with Crippen molar-refractivity contribution in [2.75, 3.05) is 11.9 Å². The van der Waals surface area contributed by atoms with Crippen LogP contribution in [0.4, 0.5) is 5.69 Å². The molecular formula is C14H19N5O. The molecule has 1 aromatic heterocycles. The molecule has 0 aliphatic carbocycles. The zero-order chi connectivity index (χ0) is 14.4. The summed E-state index contributed by atoms with van der Waals surface area (Å²) in [4.78, 5) is 16.4. The van der Waals surface area contributed by atoms with Gasteiger partial charge in [-0.25, -0.2) is 4.98 Å². The van der Waals surface area contributed by atoms with Gasteiger partial charge >= 0.3 is 0 Å². The lowest BCUT2D eigenvalue weighted by Gasteiger charge is -2.14. The molecule has 6 heteroatoms. The van der Waals surface area contributed by atoms with Gasteiger partial charge in [0.15, 0.2) is 0 Å². The van der Waals surface area contributed by atoms with Crippen LogP contribution in [0.1, 0.15) is 42.5 Å². The highest BCUT2D eigenvalue weighted by molar-refractivity contribution is 5.99. The van der Waals surface area contributed by atoms with Crippen molar-refractivity contribution in [3.63, 3.8) is 0 Å². The van der Waals surface area contributed by atoms with Crippen LogP contribution in [-0.2, 0) is 0 Å². The van der Waals surface area contributed by atoms with Gasteiger partial charge in [0.05, 0.1) is 11.6 Å². The minimum absolute atomic E-state index is 0.131. The van der Waals surface area contributed by atoms with Gasteiger partial charge in [-0.3, -0.25) is 9.89 Å². The predicted molar refractivity (Wildman–Crippen MR) is 77.5 cm³/mol. The highest BCUT2D eigenvalue weighted by Gasteiger charge is 2.15. The molecule has 6 nitrogen and oxygen atoms in total. The van der Waals surface area contributed by atoms with E-state index in [1.165, 1.54) is 6.33 Å². The topological polar surface area (TPSA) is 82.7 Å². The Labute approximate surface area is 118 Å². The van der Waals surface area contributed by atoms with Crippen molar-refractivity contribution < 1.29 is 4.79 Å². The maximum atomic E-state index is 12.3. The lowest BCUT2D eigenvalue weighted by molar-refractivity contribution is 0.0939. The van der Waals surface area contributed by atoms with E-state index in [0.29, 0.717) is 11.4 Å². The van der Waals surface area contributed by atoms with Crippen LogP contribution in [0.2, 0.25) is 0 Å². The molecule has 0 aliphatic heterocycles. The zero-order valence-corrected chi connectivity index (χ0v) is 11.7. The second kappa shape index (κ2) is 6.70. The summed E-state index contributed by atoms with van der Waals surface area (Å²) >= 11 is 0. The maximum Gasteiger partial charge on any atom is 0.253 e. The highest BCUT2D eigenvalue weighted by Crippen LogP contribution is 2.16. The van der Waals surface area contributed by atoms with E-state index in [9.17, 15) is 4.79 Å². The number of anilines is 1. The summed E-state index contributed by atoms with van der Waals surface area (Å²) in [6.07, 6.45) is 2.43. The number of benzene rings is 1. The third-order valence-electron chi connectivity index (χ3n) is 2.93. The standard InChI is InChI=1S/C14H19N5O/c1-3-8-15-12-7-5-4-6-11(12)14(20)18-10(2)13-16-9-17-19-13/h4-7,9-10,15H,3,8H2,1-2H3,(H,18,20)(H,16,17,19). The molecule has 0 saturated carbocycles. The summed E-state index contributed by atoms with van der Waals surface area (Å²) < 4.78 is 0. The average molecular weight is 273 g/mol. The summed E-state index contributed by atoms with van der Waals surface area (Å²) in [7, 11) is 0. The van der Waals surface area contributed by atoms with Crippen LogP contribution >= 0.6 is 0 Å². The molecule has 1 unspecified atom stereocenters. The molecule has 2 rings (SSSR count). The van der Waals surface area contributed by atoms with E-state index in [4.69, 9.17) is 0 Å². The Morgan fingerprint density at radius 2 is 2.20 bits per heavy atom. The Morgan fingerprint density at radius 1 is 1.40 bits per heavy atom. The van der Waals surface area contributed by atoms with Crippen LogP contribution in [-0.4, -0.2) is 27.6 Å². The van der Waals surface area contributed by atoms with Gasteiger partial charge in [-0.2, -0.15) is 5.10 Å². The Balaban J connectivity index is 2.09. The first-order valence-corrected chi connectivity index (χ1v) is 6.71. The summed E-state index contributed by atoms with van der Waals surface area (Å²) in [5.74, 6) is 0.505. The number of nitrogens with zero attached hydrogens (tertiary/aromatic N) is 2. The molecule has 1 atom stereocenters. The number of hydrogen-bond acceptors (Lipinski definition) is 4. The van der Waals surface area contributed by atoms with E-state index in [2.05, 4.69) is 32.7 Å². The van der Waals surface area contributed by atoms with E-state index in [0.717, 1.165) is 18.7 Å². The normalized spacial score (nSPS) is 11.9. The summed E-state index contributed by atoms with van der Waals surface area (Å²) in [6.45, 7) is 4.78. The van der Waals surface area contributed by atoms with Crippen molar-refractivity contribution >= 4 is 11.6 Å². The molecule has 1 amide bonds. The van der Waals surface area contributed by atoms with Gasteiger partial charge < -0.3 is 10.6 Å². The van der Waals surface area contributed by atoms with Gasteiger partial charge in [0.1, 0.15) is 12.2 Å². The highest BCUT2D eigenvalue weighted by atomic mass is 16.1. The number of aromatic nitrogens is 3. The van der Waals surface area contributed by atoms with Crippen molar-refractivity contribution in [1.82, 2.24) is 20.5 Å². The molecule has 0 spiro atoms. The van der Waals surface area contributed by atoms with Gasteiger partial charge in [0, 0.05) is 12.2 Å². The maximum absolute atomic E-state index is 12.3. The second-order valence-electron chi connectivity index (χ2n) is 4.54. The third kappa shape index (κ3) is 3.34. The van der Waals surface area contributed by atoms with Gasteiger partial charge in [-0.05, 0) is 25.5 Å². The molecule has 0 saturated heterocycles. The van der Waals surface area contributed by atoms with E-state index in [1.54, 1.807) is 6.07 Å². The number of rotatable bonds is 6. The second-order valence-corrected chi connectivity index (χ2v) is 4.54. The van der Waals surface area contributed by atoms with Gasteiger partial charge in [0.2, 0.25) is 0 Å². The first-order chi connectivity index (χ1) is 9.72. The Morgan fingerprint density at radius 3 is 2.90 bits per heavy atom. The van der Waals surface area contributed by atoms with Crippen LogP contribution < -0.4 is 10.6 Å². The number of carbonyl (C=O) groups excluding carboxylic acids is 1. The van der Waals surface area contributed by atoms with Crippen molar-refractivity contribution in [3.8, 4) is 0 Å². The fourth-order valence-electron chi connectivity index (χ4n) is 1.86. The summed E-state index contributed by atoms with van der Waals surface area (Å²) in [5.41, 5.74) is 1.48. The number of aromatic amines is 1. The fourth-order valence-corrected chi connectivity index (χ4v) is 1.86. The number of H-pyrrole nitrogens is 1. The molecule has 2 aromatic rings. The fraction of sp³-hybridized carbons (Fsp3) is 0.357. The molecule has 106 valence electrons. The molecule has 20 heavy (non-hydrogen) atoms. The SMILES string of the molecule is CCCNc1ccccc1C(=O)NC(C)c1ncn[nH]1. The lowest BCUT2D eigenvalue weighted by Crippen LogP contribution is -2.28. The molecule has 0 bridgehead atoms. The smallest absolute Gasteiger partial charge is 0.253 e. The first-order valence-electron chi connectivity index (χ1n) is 6.71. The Bertz CT molecular complexity index is 552. The molecule has 0 aliphatic rings. The predicted octanol–water partition coefficient (Wildman–Crippen LogP) is 2.12. The molecule has 0 radical (unpaired) electrons. The van der Waals surface area contributed by atoms with Crippen LogP contribution in [0.3, 0.4) is 0 Å². The largest absolute Gasteiger partial charge is 0.384 e. The van der Waals surface area contributed by atoms with E-state index in [1.807, 2.05) is 25.1 Å². The van der Waals surface area contributed by atoms with Crippen LogP contribution in [0.15, 0.2) is 30.6 Å². The third-order valence-corrected chi connectivity index (χ3v) is 2.93. The van der Waals surface area contributed by atoms with Crippen LogP contribution in [0.5, 0.6) is 0 Å². The first kappa shape index (κ1) is 14.0. The zero-order valence-electron chi connectivity index (χ0n) is 11.7. The van der Waals surface area contributed by atoms with Crippen molar-refractivity contribution in [2.24, 2.45) is 0 Å². The minimum Gasteiger partial charge on any atom is -0.384 e. The average Bonchev–Trinajstić information content (AvgIpc) is 2.99. The number of hydrogen-bond donors (Lipinski definition) is 3. The van der Waals surface area contributed by atoms with E-state index in [-0.39, 0.29) is 11.9 Å². The van der Waals surface area contributed by atoms with Gasteiger partial charge in [-0.15, -0.1) is 0 Å².